The van der Waals surface area contributed by atoms with E-state index in [1.54, 1.807) is 13.0 Å². The molecular weight excluding hydrogens is 283 g/mol. The first-order valence-corrected chi connectivity index (χ1v) is 6.55. The summed E-state index contributed by atoms with van der Waals surface area (Å²) in [6.07, 6.45) is -3.08. The maximum absolute atomic E-state index is 13.2. The number of rotatable bonds is 7. The van der Waals surface area contributed by atoms with E-state index >= 15 is 0 Å². The summed E-state index contributed by atoms with van der Waals surface area (Å²) < 4.78 is 44.4. The van der Waals surface area contributed by atoms with Crippen molar-refractivity contribution in [3.05, 3.63) is 48.6 Å². The molecule has 0 radical (unpaired) electrons. The molecule has 0 aliphatic heterocycles. The van der Waals surface area contributed by atoms with Gasteiger partial charge in [0.15, 0.2) is 0 Å². The van der Waals surface area contributed by atoms with Crippen molar-refractivity contribution in [2.45, 2.75) is 31.6 Å². The zero-order valence-corrected chi connectivity index (χ0v) is 11.7. The number of hydrogen-bond acceptors (Lipinski definition) is 3. The lowest BCUT2D eigenvalue weighted by Crippen LogP contribution is -2.45. The molecule has 1 N–H and O–H groups in total. The van der Waals surface area contributed by atoms with Crippen molar-refractivity contribution < 1.29 is 22.7 Å². The van der Waals surface area contributed by atoms with Gasteiger partial charge in [0, 0.05) is 0 Å². The zero-order chi connectivity index (χ0) is 15.9. The first-order valence-electron chi connectivity index (χ1n) is 6.55. The van der Waals surface area contributed by atoms with Crippen LogP contribution in [0.15, 0.2) is 43.0 Å². The molecule has 2 unspecified atom stereocenters. The Morgan fingerprint density at radius 1 is 1.38 bits per heavy atom. The maximum Gasteiger partial charge on any atom is 0.407 e. The first-order chi connectivity index (χ1) is 9.90. The zero-order valence-electron chi connectivity index (χ0n) is 11.7. The first kappa shape index (κ1) is 17.2. The average molecular weight is 301 g/mol. The number of carbonyl (C=O) groups is 1. The molecule has 1 aromatic rings. The quantitative estimate of drug-likeness (QED) is 0.620. The minimum atomic E-state index is -4.52. The number of alkyl halides is 3. The van der Waals surface area contributed by atoms with Crippen LogP contribution in [0, 0.1) is 0 Å². The van der Waals surface area contributed by atoms with E-state index in [-0.39, 0.29) is 18.6 Å². The Kier molecular flexibility index (Phi) is 6.42. The second-order valence-corrected chi connectivity index (χ2v) is 4.38. The molecule has 21 heavy (non-hydrogen) atoms. The van der Waals surface area contributed by atoms with Crippen LogP contribution in [-0.4, -0.2) is 24.8 Å². The van der Waals surface area contributed by atoms with Crippen molar-refractivity contribution in [2.75, 3.05) is 6.61 Å². The van der Waals surface area contributed by atoms with E-state index in [1.807, 2.05) is 0 Å². The minimum Gasteiger partial charge on any atom is -0.465 e. The van der Waals surface area contributed by atoms with Crippen LogP contribution in [0.25, 0.3) is 0 Å². The molecule has 116 valence electrons. The predicted octanol–water partition coefficient (Wildman–Crippen LogP) is 3.39. The van der Waals surface area contributed by atoms with Crippen molar-refractivity contribution in [3.63, 3.8) is 0 Å². The van der Waals surface area contributed by atoms with Crippen molar-refractivity contribution in [2.24, 2.45) is 0 Å². The largest absolute Gasteiger partial charge is 0.465 e. The van der Waals surface area contributed by atoms with Gasteiger partial charge in [-0.25, -0.2) is 0 Å². The number of hydrogen-bond donors (Lipinski definition) is 1. The van der Waals surface area contributed by atoms with Gasteiger partial charge >= 0.3 is 12.1 Å². The summed E-state index contributed by atoms with van der Waals surface area (Å²) in [5.41, 5.74) is 0.0448. The third-order valence-electron chi connectivity index (χ3n) is 2.80. The fraction of sp³-hybridized carbons (Fsp3) is 0.400. The van der Waals surface area contributed by atoms with Crippen molar-refractivity contribution in [1.82, 2.24) is 5.32 Å². The van der Waals surface area contributed by atoms with Crippen LogP contribution in [0.2, 0.25) is 0 Å². The number of esters is 1. The van der Waals surface area contributed by atoms with Crippen LogP contribution >= 0.6 is 0 Å². The molecular formula is C15H18F3NO2. The third kappa shape index (κ3) is 5.23. The van der Waals surface area contributed by atoms with Crippen LogP contribution in [0.3, 0.4) is 0 Å². The van der Waals surface area contributed by atoms with E-state index in [4.69, 9.17) is 4.74 Å². The molecule has 0 bridgehead atoms. The summed E-state index contributed by atoms with van der Waals surface area (Å²) in [6, 6.07) is 4.36. The number of benzene rings is 1. The molecule has 0 fully saturated rings. The van der Waals surface area contributed by atoms with Crippen molar-refractivity contribution in [3.8, 4) is 0 Å². The average Bonchev–Trinajstić information content (AvgIpc) is 2.43. The van der Waals surface area contributed by atoms with Crippen LogP contribution in [0.5, 0.6) is 0 Å². The summed E-state index contributed by atoms with van der Waals surface area (Å²) >= 11 is 0. The summed E-state index contributed by atoms with van der Waals surface area (Å²) in [4.78, 5) is 11.7. The fourth-order valence-corrected chi connectivity index (χ4v) is 1.87. The van der Waals surface area contributed by atoms with E-state index in [9.17, 15) is 18.0 Å². The van der Waals surface area contributed by atoms with Gasteiger partial charge in [-0.05, 0) is 18.9 Å². The Balaban J connectivity index is 2.98. The van der Waals surface area contributed by atoms with Gasteiger partial charge in [-0.15, -0.1) is 6.58 Å². The standard InChI is InChI=1S/C15H18F3NO2/c1-3-8-12(14(20)21-4-2)19-13(15(16,17)18)11-9-6-5-7-10-11/h3,5-7,9-10,12-13,19H,1,4,8H2,2H3. The third-order valence-corrected chi connectivity index (χ3v) is 2.80. The normalized spacial score (nSPS) is 14.3. The molecule has 0 saturated heterocycles. The summed E-state index contributed by atoms with van der Waals surface area (Å²) in [7, 11) is 0. The van der Waals surface area contributed by atoms with Crippen LogP contribution in [0.4, 0.5) is 13.2 Å². The number of ether oxygens (including phenoxy) is 1. The molecule has 1 rings (SSSR count). The van der Waals surface area contributed by atoms with Gasteiger partial charge < -0.3 is 4.74 Å². The summed E-state index contributed by atoms with van der Waals surface area (Å²) in [5.74, 6) is -0.720. The molecule has 0 aliphatic carbocycles. The van der Waals surface area contributed by atoms with Crippen LogP contribution in [-0.2, 0) is 9.53 Å². The van der Waals surface area contributed by atoms with Crippen molar-refractivity contribution in [1.29, 1.82) is 0 Å². The molecule has 3 nitrogen and oxygen atoms in total. The minimum absolute atomic E-state index is 0.0448. The lowest BCUT2D eigenvalue weighted by atomic mass is 10.0. The SMILES string of the molecule is C=CCC(NC(c1ccccc1)C(F)(F)F)C(=O)OCC. The van der Waals surface area contributed by atoms with E-state index in [0.29, 0.717) is 0 Å². The van der Waals surface area contributed by atoms with E-state index in [1.165, 1.54) is 30.3 Å². The van der Waals surface area contributed by atoms with Crippen LogP contribution in [0.1, 0.15) is 24.9 Å². The van der Waals surface area contributed by atoms with Gasteiger partial charge in [0.05, 0.1) is 6.61 Å². The number of nitrogens with one attached hydrogen (secondary N) is 1. The second kappa shape index (κ2) is 7.83. The van der Waals surface area contributed by atoms with Gasteiger partial charge in [-0.3, -0.25) is 10.1 Å². The molecule has 0 heterocycles. The lowest BCUT2D eigenvalue weighted by Gasteiger charge is -2.26. The highest BCUT2D eigenvalue weighted by Crippen LogP contribution is 2.33. The summed E-state index contributed by atoms with van der Waals surface area (Å²) in [5, 5.41) is 2.33. The highest BCUT2D eigenvalue weighted by molar-refractivity contribution is 5.76. The summed E-state index contributed by atoms with van der Waals surface area (Å²) in [6.45, 7) is 5.16. The van der Waals surface area contributed by atoms with Gasteiger partial charge in [0.25, 0.3) is 0 Å². The van der Waals surface area contributed by atoms with Gasteiger partial charge in [-0.2, -0.15) is 13.2 Å². The Morgan fingerprint density at radius 3 is 2.48 bits per heavy atom. The Bertz CT molecular complexity index is 460. The maximum atomic E-state index is 13.2. The van der Waals surface area contributed by atoms with E-state index in [0.717, 1.165) is 0 Å². The lowest BCUT2D eigenvalue weighted by molar-refractivity contribution is -0.164. The number of carbonyl (C=O) groups excluding carboxylic acids is 1. The Hall–Kier alpha value is -1.82. The smallest absolute Gasteiger partial charge is 0.407 e. The molecule has 0 saturated carbocycles. The molecule has 1 aromatic carbocycles. The molecule has 0 aromatic heterocycles. The van der Waals surface area contributed by atoms with Gasteiger partial charge in [0.1, 0.15) is 12.1 Å². The molecule has 0 aliphatic rings. The molecule has 0 amide bonds. The van der Waals surface area contributed by atoms with Crippen molar-refractivity contribution >= 4 is 5.97 Å². The molecule has 2 atom stereocenters. The number of halogens is 3. The molecule has 6 heteroatoms. The van der Waals surface area contributed by atoms with E-state index in [2.05, 4.69) is 11.9 Å². The predicted molar refractivity (Wildman–Crippen MR) is 73.6 cm³/mol. The molecule has 0 spiro atoms. The highest BCUT2D eigenvalue weighted by Gasteiger charge is 2.42. The Morgan fingerprint density at radius 2 is 2.00 bits per heavy atom. The Labute approximate surface area is 121 Å². The monoisotopic (exact) mass is 301 g/mol. The fourth-order valence-electron chi connectivity index (χ4n) is 1.87. The highest BCUT2D eigenvalue weighted by atomic mass is 19.4. The van der Waals surface area contributed by atoms with E-state index < -0.39 is 24.2 Å². The van der Waals surface area contributed by atoms with Gasteiger partial charge in [-0.1, -0.05) is 36.4 Å². The topological polar surface area (TPSA) is 38.3 Å². The van der Waals surface area contributed by atoms with Gasteiger partial charge in [0.2, 0.25) is 0 Å². The second-order valence-electron chi connectivity index (χ2n) is 4.38. The van der Waals surface area contributed by atoms with Crippen LogP contribution < -0.4 is 5.32 Å².